The normalized spacial score (nSPS) is 18.3. The lowest BCUT2D eigenvalue weighted by atomic mass is 9.92. The van der Waals surface area contributed by atoms with Crippen molar-refractivity contribution in [1.29, 1.82) is 0 Å². The summed E-state index contributed by atoms with van der Waals surface area (Å²) in [6.07, 6.45) is 5.34. The molecule has 1 saturated carbocycles. The van der Waals surface area contributed by atoms with Crippen LogP contribution in [0.4, 0.5) is 0 Å². The first-order chi connectivity index (χ1) is 8.26. The van der Waals surface area contributed by atoms with Gasteiger partial charge in [-0.1, -0.05) is 30.5 Å². The molecular weight excluding hydrogens is 234 g/mol. The molecule has 94 valence electrons. The van der Waals surface area contributed by atoms with E-state index < -0.39 is 0 Å². The summed E-state index contributed by atoms with van der Waals surface area (Å²) in [4.78, 5) is 0. The second kappa shape index (κ2) is 5.74. The Bertz CT molecular complexity index is 374. The van der Waals surface area contributed by atoms with E-state index in [4.69, 9.17) is 16.3 Å². The van der Waals surface area contributed by atoms with Crippen molar-refractivity contribution in [2.75, 3.05) is 14.2 Å². The Balaban J connectivity index is 2.23. The lowest BCUT2D eigenvalue weighted by Crippen LogP contribution is -2.23. The molecule has 1 N–H and O–H groups in total. The minimum Gasteiger partial charge on any atom is -0.495 e. The van der Waals surface area contributed by atoms with Crippen molar-refractivity contribution in [3.05, 3.63) is 28.8 Å². The highest BCUT2D eigenvalue weighted by molar-refractivity contribution is 6.32. The molecule has 0 aromatic heterocycles. The van der Waals surface area contributed by atoms with Gasteiger partial charge < -0.3 is 10.1 Å². The third-order valence-corrected chi connectivity index (χ3v) is 4.03. The maximum absolute atomic E-state index is 6.06. The summed E-state index contributed by atoms with van der Waals surface area (Å²) in [6, 6.07) is 6.50. The molecule has 2 rings (SSSR count). The minimum absolute atomic E-state index is 0.420. The van der Waals surface area contributed by atoms with Crippen molar-refractivity contribution in [2.24, 2.45) is 5.92 Å². The van der Waals surface area contributed by atoms with Gasteiger partial charge in [-0.05, 0) is 43.5 Å². The van der Waals surface area contributed by atoms with E-state index in [1.165, 1.54) is 31.2 Å². The summed E-state index contributed by atoms with van der Waals surface area (Å²) in [5.41, 5.74) is 1.28. The fraction of sp³-hybridized carbons (Fsp3) is 0.571. The first-order valence-electron chi connectivity index (χ1n) is 6.27. The first-order valence-corrected chi connectivity index (χ1v) is 6.64. The number of halogens is 1. The van der Waals surface area contributed by atoms with Gasteiger partial charge in [0.15, 0.2) is 0 Å². The van der Waals surface area contributed by atoms with Gasteiger partial charge in [0, 0.05) is 6.04 Å². The molecule has 1 aliphatic carbocycles. The van der Waals surface area contributed by atoms with Gasteiger partial charge in [-0.25, -0.2) is 0 Å². The zero-order chi connectivity index (χ0) is 12.3. The lowest BCUT2D eigenvalue weighted by molar-refractivity contribution is 0.384. The Hall–Kier alpha value is -0.730. The molecule has 0 saturated heterocycles. The lowest BCUT2D eigenvalue weighted by Gasteiger charge is -2.24. The number of hydrogen-bond acceptors (Lipinski definition) is 2. The van der Waals surface area contributed by atoms with Crippen LogP contribution in [0.2, 0.25) is 5.02 Å². The predicted octanol–water partition coefficient (Wildman–Crippen LogP) is 3.80. The molecule has 0 spiro atoms. The van der Waals surface area contributed by atoms with Gasteiger partial charge >= 0.3 is 0 Å². The van der Waals surface area contributed by atoms with Gasteiger partial charge in [-0.2, -0.15) is 0 Å². The SMILES string of the molecule is CNC(c1ccc(Cl)c(OC)c1)C1CCCC1. The molecule has 1 aromatic rings. The predicted molar refractivity (Wildman–Crippen MR) is 71.8 cm³/mol. The number of rotatable bonds is 4. The van der Waals surface area contributed by atoms with Gasteiger partial charge in [-0.15, -0.1) is 0 Å². The first kappa shape index (κ1) is 12.7. The molecule has 1 fully saturated rings. The van der Waals surface area contributed by atoms with Crippen LogP contribution in [0, 0.1) is 5.92 Å². The maximum Gasteiger partial charge on any atom is 0.137 e. The molecule has 0 amide bonds. The van der Waals surface area contributed by atoms with Crippen LogP contribution in [-0.2, 0) is 0 Å². The fourth-order valence-electron chi connectivity index (χ4n) is 2.84. The Morgan fingerprint density at radius 1 is 1.35 bits per heavy atom. The molecule has 2 nitrogen and oxygen atoms in total. The Morgan fingerprint density at radius 3 is 2.65 bits per heavy atom. The van der Waals surface area contributed by atoms with Gasteiger partial charge in [-0.3, -0.25) is 0 Å². The molecule has 1 unspecified atom stereocenters. The summed E-state index contributed by atoms with van der Waals surface area (Å²) in [5, 5.41) is 4.11. The summed E-state index contributed by atoms with van der Waals surface area (Å²) in [7, 11) is 3.69. The Kier molecular flexibility index (Phi) is 4.30. The van der Waals surface area contributed by atoms with Crippen molar-refractivity contribution in [3.8, 4) is 5.75 Å². The standard InChI is InChI=1S/C14H20ClNO/c1-16-14(10-5-3-4-6-10)11-7-8-12(15)13(9-11)17-2/h7-10,14,16H,3-6H2,1-2H3. The summed E-state index contributed by atoms with van der Waals surface area (Å²) >= 11 is 6.06. The van der Waals surface area contributed by atoms with Crippen LogP contribution in [0.3, 0.4) is 0 Å². The highest BCUT2D eigenvalue weighted by atomic mass is 35.5. The number of methoxy groups -OCH3 is 1. The molecular formula is C14H20ClNO. The van der Waals surface area contributed by atoms with Crippen molar-refractivity contribution < 1.29 is 4.74 Å². The van der Waals surface area contributed by atoms with E-state index >= 15 is 0 Å². The molecule has 0 heterocycles. The monoisotopic (exact) mass is 253 g/mol. The molecule has 1 aromatic carbocycles. The van der Waals surface area contributed by atoms with Crippen LogP contribution >= 0.6 is 11.6 Å². The van der Waals surface area contributed by atoms with E-state index in [2.05, 4.69) is 17.4 Å². The number of hydrogen-bond donors (Lipinski definition) is 1. The molecule has 0 bridgehead atoms. The fourth-order valence-corrected chi connectivity index (χ4v) is 3.03. The van der Waals surface area contributed by atoms with Crippen molar-refractivity contribution in [3.63, 3.8) is 0 Å². The van der Waals surface area contributed by atoms with Crippen LogP contribution in [-0.4, -0.2) is 14.2 Å². The number of benzene rings is 1. The molecule has 17 heavy (non-hydrogen) atoms. The van der Waals surface area contributed by atoms with Gasteiger partial charge in [0.05, 0.1) is 12.1 Å². The molecule has 1 aliphatic rings. The van der Waals surface area contributed by atoms with Crippen molar-refractivity contribution in [1.82, 2.24) is 5.32 Å². The zero-order valence-electron chi connectivity index (χ0n) is 10.5. The molecule has 0 aliphatic heterocycles. The molecule has 1 atom stereocenters. The van der Waals surface area contributed by atoms with E-state index in [-0.39, 0.29) is 0 Å². The average Bonchev–Trinajstić information content (AvgIpc) is 2.86. The van der Waals surface area contributed by atoms with Gasteiger partial charge in [0.1, 0.15) is 5.75 Å². The number of ether oxygens (including phenoxy) is 1. The van der Waals surface area contributed by atoms with E-state index in [9.17, 15) is 0 Å². The van der Waals surface area contributed by atoms with E-state index in [0.717, 1.165) is 11.7 Å². The maximum atomic E-state index is 6.06. The Labute approximate surface area is 108 Å². The van der Waals surface area contributed by atoms with Crippen molar-refractivity contribution >= 4 is 11.6 Å². The summed E-state index contributed by atoms with van der Waals surface area (Å²) < 4.78 is 5.28. The van der Waals surface area contributed by atoms with E-state index in [1.54, 1.807) is 7.11 Å². The van der Waals surface area contributed by atoms with E-state index in [0.29, 0.717) is 11.1 Å². The topological polar surface area (TPSA) is 21.3 Å². The van der Waals surface area contributed by atoms with Crippen LogP contribution in [0.1, 0.15) is 37.3 Å². The summed E-state index contributed by atoms with van der Waals surface area (Å²) in [6.45, 7) is 0. The van der Waals surface area contributed by atoms with Gasteiger partial charge in [0.2, 0.25) is 0 Å². The number of nitrogens with one attached hydrogen (secondary N) is 1. The van der Waals surface area contributed by atoms with Crippen LogP contribution in [0.25, 0.3) is 0 Å². The average molecular weight is 254 g/mol. The second-order valence-electron chi connectivity index (χ2n) is 4.70. The smallest absolute Gasteiger partial charge is 0.137 e. The summed E-state index contributed by atoms with van der Waals surface area (Å²) in [5.74, 6) is 1.51. The van der Waals surface area contributed by atoms with Gasteiger partial charge in [0.25, 0.3) is 0 Å². The Morgan fingerprint density at radius 2 is 2.06 bits per heavy atom. The van der Waals surface area contributed by atoms with Crippen LogP contribution in [0.15, 0.2) is 18.2 Å². The highest BCUT2D eigenvalue weighted by Gasteiger charge is 2.25. The third-order valence-electron chi connectivity index (χ3n) is 3.72. The highest BCUT2D eigenvalue weighted by Crippen LogP contribution is 2.37. The van der Waals surface area contributed by atoms with Crippen molar-refractivity contribution in [2.45, 2.75) is 31.7 Å². The quantitative estimate of drug-likeness (QED) is 0.881. The molecule has 0 radical (unpaired) electrons. The van der Waals surface area contributed by atoms with E-state index in [1.807, 2.05) is 13.1 Å². The zero-order valence-corrected chi connectivity index (χ0v) is 11.3. The second-order valence-corrected chi connectivity index (χ2v) is 5.11. The largest absolute Gasteiger partial charge is 0.495 e. The molecule has 3 heteroatoms. The van der Waals surface area contributed by atoms with Crippen LogP contribution < -0.4 is 10.1 Å². The minimum atomic E-state index is 0.420. The van der Waals surface area contributed by atoms with Crippen LogP contribution in [0.5, 0.6) is 5.75 Å². The third kappa shape index (κ3) is 2.75.